The van der Waals surface area contributed by atoms with Crippen LogP contribution in [0.2, 0.25) is 0 Å². The SMILES string of the molecule is CC(C)N1NNN=C1c1cccc(NC(=O)c2cc(-c3cnn(C4CC4)c3)c(F)cn2)n1. The number of halogens is 1. The predicted octanol–water partition coefficient (Wildman–Crippen LogP) is 2.46. The fraction of sp³-hybridized carbons (Fsp3) is 0.286. The molecule has 3 aromatic heterocycles. The second-order valence-electron chi connectivity index (χ2n) is 7.97. The number of hydrazone groups is 1. The minimum Gasteiger partial charge on any atom is -0.305 e. The predicted molar refractivity (Wildman–Crippen MR) is 116 cm³/mol. The van der Waals surface area contributed by atoms with Crippen molar-refractivity contribution in [3.63, 3.8) is 0 Å². The standard InChI is InChI=1S/C21H22FN9O/c1-12(2)31-20(27-28-29-31)17-4-3-5-19(25-17)26-21(32)18-8-15(16(22)10-23-18)13-9-24-30(11-13)14-6-7-14/h3-5,8-12,14,28-29H,6-7H2,1-2H3,(H,25,26,32). The van der Waals surface area contributed by atoms with Gasteiger partial charge in [0.1, 0.15) is 23.0 Å². The van der Waals surface area contributed by atoms with Gasteiger partial charge in [-0.05, 0) is 44.9 Å². The Morgan fingerprint density at radius 1 is 1.28 bits per heavy atom. The Morgan fingerprint density at radius 2 is 2.12 bits per heavy atom. The summed E-state index contributed by atoms with van der Waals surface area (Å²) in [5.41, 5.74) is 7.19. The van der Waals surface area contributed by atoms with Gasteiger partial charge in [-0.15, -0.1) is 10.6 Å². The summed E-state index contributed by atoms with van der Waals surface area (Å²) < 4.78 is 16.3. The maximum absolute atomic E-state index is 14.4. The van der Waals surface area contributed by atoms with Gasteiger partial charge >= 0.3 is 0 Å². The van der Waals surface area contributed by atoms with Gasteiger partial charge in [0.05, 0.1) is 18.4 Å². The molecule has 4 heterocycles. The first-order chi connectivity index (χ1) is 15.5. The molecule has 0 bridgehead atoms. The van der Waals surface area contributed by atoms with E-state index >= 15 is 0 Å². The van der Waals surface area contributed by atoms with Gasteiger partial charge in [-0.25, -0.2) is 19.9 Å². The lowest BCUT2D eigenvalue weighted by atomic mass is 10.1. The second-order valence-corrected chi connectivity index (χ2v) is 7.97. The highest BCUT2D eigenvalue weighted by atomic mass is 19.1. The highest BCUT2D eigenvalue weighted by Gasteiger charge is 2.25. The second kappa shape index (κ2) is 8.00. The van der Waals surface area contributed by atoms with E-state index in [4.69, 9.17) is 0 Å². The summed E-state index contributed by atoms with van der Waals surface area (Å²) >= 11 is 0. The number of amides is 1. The van der Waals surface area contributed by atoms with Crippen molar-refractivity contribution in [2.75, 3.05) is 5.32 Å². The van der Waals surface area contributed by atoms with Crippen molar-refractivity contribution in [2.24, 2.45) is 5.10 Å². The van der Waals surface area contributed by atoms with Crippen LogP contribution in [0.3, 0.4) is 0 Å². The van der Waals surface area contributed by atoms with Crippen LogP contribution in [0.25, 0.3) is 11.1 Å². The summed E-state index contributed by atoms with van der Waals surface area (Å²) in [6.45, 7) is 4.01. The molecule has 1 aliphatic carbocycles. The third kappa shape index (κ3) is 3.89. The summed E-state index contributed by atoms with van der Waals surface area (Å²) in [6, 6.07) is 7.18. The van der Waals surface area contributed by atoms with Crippen LogP contribution in [0.5, 0.6) is 0 Å². The number of hydrogen-bond donors (Lipinski definition) is 3. The monoisotopic (exact) mass is 435 g/mol. The lowest BCUT2D eigenvalue weighted by Crippen LogP contribution is -2.45. The van der Waals surface area contributed by atoms with E-state index in [0.29, 0.717) is 29.0 Å². The van der Waals surface area contributed by atoms with Crippen molar-refractivity contribution >= 4 is 17.6 Å². The molecule has 11 heteroatoms. The van der Waals surface area contributed by atoms with Crippen LogP contribution in [0.15, 0.2) is 48.0 Å². The summed E-state index contributed by atoms with van der Waals surface area (Å²) in [7, 11) is 0. The average molecular weight is 435 g/mol. The van der Waals surface area contributed by atoms with Crippen LogP contribution in [0.4, 0.5) is 10.2 Å². The van der Waals surface area contributed by atoms with E-state index in [0.717, 1.165) is 19.0 Å². The zero-order valence-electron chi connectivity index (χ0n) is 17.6. The van der Waals surface area contributed by atoms with Crippen LogP contribution in [-0.4, -0.2) is 42.5 Å². The summed E-state index contributed by atoms with van der Waals surface area (Å²) in [6.07, 6.45) is 6.61. The molecular weight excluding hydrogens is 413 g/mol. The van der Waals surface area contributed by atoms with E-state index in [1.165, 1.54) is 6.07 Å². The first-order valence-electron chi connectivity index (χ1n) is 10.4. The molecule has 3 aromatic rings. The quantitative estimate of drug-likeness (QED) is 0.545. The summed E-state index contributed by atoms with van der Waals surface area (Å²) in [5, 5.41) is 13.1. The molecule has 5 rings (SSSR count). The molecule has 1 fully saturated rings. The van der Waals surface area contributed by atoms with Crippen LogP contribution in [0.1, 0.15) is 48.9 Å². The van der Waals surface area contributed by atoms with Gasteiger partial charge in [-0.3, -0.25) is 14.5 Å². The number of anilines is 1. The Morgan fingerprint density at radius 3 is 2.91 bits per heavy atom. The molecule has 1 aliphatic heterocycles. The Bertz CT molecular complexity index is 1200. The third-order valence-corrected chi connectivity index (χ3v) is 5.22. The summed E-state index contributed by atoms with van der Waals surface area (Å²) in [4.78, 5) is 21.3. The van der Waals surface area contributed by atoms with Gasteiger partial charge in [-0.2, -0.15) is 5.10 Å². The highest BCUT2D eigenvalue weighted by molar-refractivity contribution is 6.03. The number of rotatable bonds is 6. The van der Waals surface area contributed by atoms with Crippen molar-refractivity contribution in [2.45, 2.75) is 38.8 Å². The van der Waals surface area contributed by atoms with Gasteiger partial charge in [0, 0.05) is 23.4 Å². The molecule has 32 heavy (non-hydrogen) atoms. The molecule has 1 amide bonds. The molecule has 1 saturated carbocycles. The molecule has 3 N–H and O–H groups in total. The molecule has 0 aromatic carbocycles. The first kappa shape index (κ1) is 20.1. The van der Waals surface area contributed by atoms with Gasteiger partial charge in [0.25, 0.3) is 5.91 Å². The number of carbonyl (C=O) groups excluding carboxylic acids is 1. The van der Waals surface area contributed by atoms with Crippen LogP contribution >= 0.6 is 0 Å². The van der Waals surface area contributed by atoms with Gasteiger partial charge in [0.2, 0.25) is 0 Å². The Labute approximate surface area is 183 Å². The molecule has 0 radical (unpaired) electrons. The number of nitrogens with one attached hydrogen (secondary N) is 3. The van der Waals surface area contributed by atoms with E-state index in [-0.39, 0.29) is 17.3 Å². The van der Waals surface area contributed by atoms with E-state index < -0.39 is 11.7 Å². The Kier molecular flexibility index (Phi) is 5.02. The zero-order valence-corrected chi connectivity index (χ0v) is 17.6. The van der Waals surface area contributed by atoms with E-state index in [9.17, 15) is 9.18 Å². The third-order valence-electron chi connectivity index (χ3n) is 5.22. The maximum atomic E-state index is 14.4. The van der Waals surface area contributed by atoms with Crippen molar-refractivity contribution in [1.29, 1.82) is 0 Å². The summed E-state index contributed by atoms with van der Waals surface area (Å²) in [5.74, 6) is -0.0631. The highest BCUT2D eigenvalue weighted by Crippen LogP contribution is 2.35. The number of hydrogen-bond acceptors (Lipinski definition) is 8. The van der Waals surface area contributed by atoms with Crippen LogP contribution in [0, 0.1) is 5.82 Å². The van der Waals surface area contributed by atoms with Crippen molar-refractivity contribution < 1.29 is 9.18 Å². The molecular formula is C21H22FN9O. The zero-order chi connectivity index (χ0) is 22.2. The maximum Gasteiger partial charge on any atom is 0.275 e. The molecule has 10 nitrogen and oxygen atoms in total. The van der Waals surface area contributed by atoms with E-state index in [2.05, 4.69) is 36.6 Å². The minimum atomic E-state index is -0.509. The smallest absolute Gasteiger partial charge is 0.275 e. The number of amidine groups is 1. The Hall–Kier alpha value is -3.86. The lowest BCUT2D eigenvalue weighted by molar-refractivity contribution is 0.102. The van der Waals surface area contributed by atoms with Gasteiger partial charge < -0.3 is 5.32 Å². The molecule has 2 aliphatic rings. The van der Waals surface area contributed by atoms with Crippen LogP contribution in [-0.2, 0) is 0 Å². The van der Waals surface area contributed by atoms with Gasteiger partial charge in [-0.1, -0.05) is 6.07 Å². The normalized spacial score (nSPS) is 15.6. The minimum absolute atomic E-state index is 0.0816. The fourth-order valence-corrected chi connectivity index (χ4v) is 3.40. The molecule has 0 atom stereocenters. The van der Waals surface area contributed by atoms with Gasteiger partial charge in [0.15, 0.2) is 5.84 Å². The molecule has 0 spiro atoms. The molecule has 0 unspecified atom stereocenters. The van der Waals surface area contributed by atoms with Crippen molar-refractivity contribution in [3.8, 4) is 11.1 Å². The number of hydrazine groups is 2. The first-order valence-corrected chi connectivity index (χ1v) is 10.4. The number of pyridine rings is 2. The molecule has 0 saturated heterocycles. The number of carbonyl (C=O) groups is 1. The fourth-order valence-electron chi connectivity index (χ4n) is 3.40. The number of nitrogens with zero attached hydrogens (tertiary/aromatic N) is 6. The van der Waals surface area contributed by atoms with E-state index in [1.54, 1.807) is 30.6 Å². The van der Waals surface area contributed by atoms with Crippen molar-refractivity contribution in [3.05, 3.63) is 60.1 Å². The Balaban J connectivity index is 1.36. The number of aromatic nitrogens is 4. The lowest BCUT2D eigenvalue weighted by Gasteiger charge is -2.22. The van der Waals surface area contributed by atoms with Crippen LogP contribution < -0.4 is 16.4 Å². The topological polar surface area (TPSA) is 112 Å². The molecule has 164 valence electrons. The van der Waals surface area contributed by atoms with Crippen molar-refractivity contribution in [1.82, 2.24) is 35.8 Å². The van der Waals surface area contributed by atoms with E-state index in [1.807, 2.05) is 23.5 Å². The largest absolute Gasteiger partial charge is 0.305 e. The average Bonchev–Trinajstić information content (AvgIpc) is 3.31.